The van der Waals surface area contributed by atoms with Gasteiger partial charge in [-0.25, -0.2) is 17.6 Å². The number of nitrogens with one attached hydrogen (secondary N) is 1. The van der Waals surface area contributed by atoms with E-state index in [1.807, 2.05) is 0 Å². The molecule has 0 aliphatic rings. The molecule has 8 heteroatoms. The molecule has 1 aromatic carbocycles. The van der Waals surface area contributed by atoms with Crippen molar-refractivity contribution < 1.29 is 17.6 Å². The second kappa shape index (κ2) is 5.03. The van der Waals surface area contributed by atoms with Gasteiger partial charge in [-0.05, 0) is 6.42 Å². The molecule has 0 atom stereocenters. The summed E-state index contributed by atoms with van der Waals surface area (Å²) >= 11 is 0. The Labute approximate surface area is 112 Å². The summed E-state index contributed by atoms with van der Waals surface area (Å²) in [4.78, 5) is 0. The van der Waals surface area contributed by atoms with E-state index in [1.165, 1.54) is 11.7 Å². The molecule has 0 fully saturated rings. The van der Waals surface area contributed by atoms with Crippen molar-refractivity contribution in [3.63, 3.8) is 0 Å². The number of halogens is 4. The molecular weight excluding hydrogens is 276 g/mol. The summed E-state index contributed by atoms with van der Waals surface area (Å²) in [7, 11) is 1.49. The largest absolute Gasteiger partial charge is 0.394 e. The SMILES string of the molecule is CCc1nn(C)c(Nc2c(F)c(F)cc(F)c2F)c1N. The highest BCUT2D eigenvalue weighted by molar-refractivity contribution is 5.71. The Morgan fingerprint density at radius 1 is 1.20 bits per heavy atom. The van der Waals surface area contributed by atoms with E-state index in [4.69, 9.17) is 5.73 Å². The van der Waals surface area contributed by atoms with Gasteiger partial charge in [0, 0.05) is 13.1 Å². The number of rotatable bonds is 3. The van der Waals surface area contributed by atoms with Gasteiger partial charge >= 0.3 is 0 Å². The molecule has 108 valence electrons. The van der Waals surface area contributed by atoms with E-state index in [9.17, 15) is 17.6 Å². The molecule has 0 saturated heterocycles. The van der Waals surface area contributed by atoms with E-state index >= 15 is 0 Å². The number of hydrogen-bond donors (Lipinski definition) is 2. The smallest absolute Gasteiger partial charge is 0.185 e. The minimum atomic E-state index is -1.53. The number of aryl methyl sites for hydroxylation is 2. The van der Waals surface area contributed by atoms with Crippen molar-refractivity contribution in [3.8, 4) is 0 Å². The van der Waals surface area contributed by atoms with Gasteiger partial charge in [-0.15, -0.1) is 0 Å². The van der Waals surface area contributed by atoms with E-state index in [-0.39, 0.29) is 17.6 Å². The first-order valence-corrected chi connectivity index (χ1v) is 5.78. The van der Waals surface area contributed by atoms with Gasteiger partial charge in [-0.2, -0.15) is 5.10 Å². The lowest BCUT2D eigenvalue weighted by atomic mass is 10.2. The Kier molecular flexibility index (Phi) is 3.56. The first kappa shape index (κ1) is 14.2. The third-order valence-corrected chi connectivity index (χ3v) is 2.85. The van der Waals surface area contributed by atoms with Crippen molar-refractivity contribution in [1.29, 1.82) is 0 Å². The van der Waals surface area contributed by atoms with Gasteiger partial charge in [0.2, 0.25) is 0 Å². The lowest BCUT2D eigenvalue weighted by Crippen LogP contribution is -2.07. The Morgan fingerprint density at radius 3 is 2.20 bits per heavy atom. The van der Waals surface area contributed by atoms with Gasteiger partial charge < -0.3 is 11.1 Å². The quantitative estimate of drug-likeness (QED) is 0.674. The molecule has 0 radical (unpaired) electrons. The zero-order chi connectivity index (χ0) is 15.0. The number of hydrogen-bond acceptors (Lipinski definition) is 3. The molecule has 0 aliphatic heterocycles. The fourth-order valence-electron chi connectivity index (χ4n) is 1.81. The molecule has 3 N–H and O–H groups in total. The number of benzene rings is 1. The fourth-order valence-corrected chi connectivity index (χ4v) is 1.81. The van der Waals surface area contributed by atoms with Crippen molar-refractivity contribution in [2.75, 3.05) is 11.1 Å². The average Bonchev–Trinajstić information content (AvgIpc) is 2.68. The van der Waals surface area contributed by atoms with Gasteiger partial charge in [-0.3, -0.25) is 4.68 Å². The monoisotopic (exact) mass is 288 g/mol. The molecule has 0 bridgehead atoms. The number of nitrogens with two attached hydrogens (primary N) is 1. The maximum absolute atomic E-state index is 13.6. The summed E-state index contributed by atoms with van der Waals surface area (Å²) in [5, 5.41) is 6.28. The first-order valence-electron chi connectivity index (χ1n) is 5.78. The number of anilines is 3. The van der Waals surface area contributed by atoms with Crippen LogP contribution >= 0.6 is 0 Å². The second-order valence-corrected chi connectivity index (χ2v) is 4.15. The highest BCUT2D eigenvalue weighted by Gasteiger charge is 2.22. The van der Waals surface area contributed by atoms with E-state index in [0.29, 0.717) is 12.1 Å². The van der Waals surface area contributed by atoms with Crippen molar-refractivity contribution in [2.24, 2.45) is 7.05 Å². The lowest BCUT2D eigenvalue weighted by molar-refractivity contribution is 0.459. The molecule has 1 heterocycles. The topological polar surface area (TPSA) is 55.9 Å². The van der Waals surface area contributed by atoms with E-state index in [2.05, 4.69) is 10.4 Å². The molecular formula is C12H12F4N4. The summed E-state index contributed by atoms with van der Waals surface area (Å²) < 4.78 is 54.6. The summed E-state index contributed by atoms with van der Waals surface area (Å²) in [5.74, 6) is -5.99. The second-order valence-electron chi connectivity index (χ2n) is 4.15. The highest BCUT2D eigenvalue weighted by Crippen LogP contribution is 2.31. The van der Waals surface area contributed by atoms with Crippen LogP contribution in [0.5, 0.6) is 0 Å². The zero-order valence-corrected chi connectivity index (χ0v) is 10.8. The van der Waals surface area contributed by atoms with Crippen LogP contribution in [0, 0.1) is 23.3 Å². The van der Waals surface area contributed by atoms with E-state index in [1.54, 1.807) is 6.92 Å². The van der Waals surface area contributed by atoms with Crippen LogP contribution in [0.25, 0.3) is 0 Å². The number of nitrogens with zero attached hydrogens (tertiary/aromatic N) is 2. The molecule has 0 unspecified atom stereocenters. The van der Waals surface area contributed by atoms with E-state index < -0.39 is 29.0 Å². The van der Waals surface area contributed by atoms with Gasteiger partial charge in [0.25, 0.3) is 0 Å². The van der Waals surface area contributed by atoms with Crippen molar-refractivity contribution in [3.05, 3.63) is 35.0 Å². The van der Waals surface area contributed by atoms with Gasteiger partial charge in [-0.1, -0.05) is 6.92 Å². The summed E-state index contributed by atoms with van der Waals surface area (Å²) in [6.07, 6.45) is 0.504. The average molecular weight is 288 g/mol. The van der Waals surface area contributed by atoms with Crippen LogP contribution in [0.2, 0.25) is 0 Å². The minimum Gasteiger partial charge on any atom is -0.394 e. The standard InChI is InChI=1S/C12H12F4N4/c1-3-7-10(17)12(20(2)19-7)18-11-8(15)5(13)4-6(14)9(11)16/h4,18H,3,17H2,1-2H3. The van der Waals surface area contributed by atoms with Crippen molar-refractivity contribution in [2.45, 2.75) is 13.3 Å². The normalized spacial score (nSPS) is 10.9. The molecule has 0 aliphatic carbocycles. The molecule has 0 saturated carbocycles. The molecule has 0 amide bonds. The molecule has 4 nitrogen and oxygen atoms in total. The highest BCUT2D eigenvalue weighted by atomic mass is 19.2. The van der Waals surface area contributed by atoms with Gasteiger partial charge in [0.15, 0.2) is 29.1 Å². The lowest BCUT2D eigenvalue weighted by Gasteiger charge is -2.10. The van der Waals surface area contributed by atoms with Crippen molar-refractivity contribution in [1.82, 2.24) is 9.78 Å². The maximum Gasteiger partial charge on any atom is 0.185 e. The minimum absolute atomic E-state index is 0.0599. The Balaban J connectivity index is 2.53. The molecule has 1 aromatic heterocycles. The van der Waals surface area contributed by atoms with E-state index in [0.717, 1.165) is 0 Å². The summed E-state index contributed by atoms with van der Waals surface area (Å²) in [6, 6.07) is 0.139. The van der Waals surface area contributed by atoms with Crippen LogP contribution in [-0.2, 0) is 13.5 Å². The predicted octanol–water partition coefficient (Wildman–Crippen LogP) is 2.86. The summed E-state index contributed by atoms with van der Waals surface area (Å²) in [6.45, 7) is 1.80. The Hall–Kier alpha value is -2.25. The van der Waals surface area contributed by atoms with Crippen LogP contribution in [0.1, 0.15) is 12.6 Å². The van der Waals surface area contributed by atoms with Crippen LogP contribution in [0.15, 0.2) is 6.07 Å². The maximum atomic E-state index is 13.6. The van der Waals surface area contributed by atoms with Gasteiger partial charge in [0.05, 0.1) is 11.4 Å². The molecule has 2 aromatic rings. The third-order valence-electron chi connectivity index (χ3n) is 2.85. The molecule has 2 rings (SSSR count). The Bertz CT molecular complexity index is 640. The van der Waals surface area contributed by atoms with Crippen LogP contribution in [0.4, 0.5) is 34.8 Å². The predicted molar refractivity (Wildman–Crippen MR) is 66.6 cm³/mol. The van der Waals surface area contributed by atoms with Crippen molar-refractivity contribution >= 4 is 17.2 Å². The molecule has 0 spiro atoms. The Morgan fingerprint density at radius 2 is 1.75 bits per heavy atom. The molecule has 20 heavy (non-hydrogen) atoms. The summed E-state index contributed by atoms with van der Waals surface area (Å²) in [5.41, 5.74) is 5.49. The number of aromatic nitrogens is 2. The first-order chi connectivity index (χ1) is 9.36. The van der Waals surface area contributed by atoms with Crippen LogP contribution in [0.3, 0.4) is 0 Å². The third kappa shape index (κ3) is 2.17. The number of nitrogen functional groups attached to an aromatic ring is 1. The fraction of sp³-hybridized carbons (Fsp3) is 0.250. The van der Waals surface area contributed by atoms with Crippen LogP contribution in [-0.4, -0.2) is 9.78 Å². The van der Waals surface area contributed by atoms with Gasteiger partial charge in [0.1, 0.15) is 5.69 Å². The van der Waals surface area contributed by atoms with Crippen LogP contribution < -0.4 is 11.1 Å². The zero-order valence-electron chi connectivity index (χ0n) is 10.8.